The molecule has 118 valence electrons. The van der Waals surface area contributed by atoms with Crippen LogP contribution in [0.4, 0.5) is 0 Å². The predicted octanol–water partition coefficient (Wildman–Crippen LogP) is 3.62. The number of hydrogen-bond acceptors (Lipinski definition) is 4. The van der Waals surface area contributed by atoms with Gasteiger partial charge in [-0.2, -0.15) is 12.6 Å². The van der Waals surface area contributed by atoms with Crippen LogP contribution in [0.25, 0.3) is 0 Å². The predicted molar refractivity (Wildman–Crippen MR) is 92.0 cm³/mol. The van der Waals surface area contributed by atoms with Crippen LogP contribution in [0.5, 0.6) is 0 Å². The topological polar surface area (TPSA) is 36.3 Å². The number of halogens is 1. The van der Waals surface area contributed by atoms with E-state index >= 15 is 0 Å². The summed E-state index contributed by atoms with van der Waals surface area (Å²) in [7, 11) is 0. The average Bonchev–Trinajstić information content (AvgIpc) is 3.18. The highest BCUT2D eigenvalue weighted by atomic mass is 79.9. The van der Waals surface area contributed by atoms with Crippen molar-refractivity contribution in [3.63, 3.8) is 0 Å². The number of hydrogen-bond donors (Lipinski definition) is 1. The molecule has 2 atom stereocenters. The molecule has 1 aromatic carbocycles. The van der Waals surface area contributed by atoms with E-state index in [4.69, 9.17) is 9.47 Å². The zero-order valence-corrected chi connectivity index (χ0v) is 14.7. The molecule has 0 N–H and O–H groups in total. The Morgan fingerprint density at radius 2 is 2.18 bits per heavy atom. The van der Waals surface area contributed by atoms with E-state index in [1.165, 1.54) is 0 Å². The van der Waals surface area contributed by atoms with Crippen LogP contribution in [0.3, 0.4) is 0 Å². The van der Waals surface area contributed by atoms with Crippen LogP contribution in [0, 0.1) is 0 Å². The lowest BCUT2D eigenvalue weighted by Crippen LogP contribution is -2.29. The second kappa shape index (κ2) is 7.17. The molecule has 1 fully saturated rings. The summed E-state index contributed by atoms with van der Waals surface area (Å²) in [6, 6.07) is 8.16. The number of ether oxygens (including phenoxy) is 2. The Bertz CT molecular complexity index is 591. The average molecular weight is 383 g/mol. The van der Waals surface area contributed by atoms with Crippen molar-refractivity contribution in [1.82, 2.24) is 9.55 Å². The summed E-state index contributed by atoms with van der Waals surface area (Å²) in [5.41, 5.74) is 1.06. The second-order valence-electron chi connectivity index (χ2n) is 5.40. The molecule has 0 saturated carbocycles. The van der Waals surface area contributed by atoms with Gasteiger partial charge < -0.3 is 14.0 Å². The first kappa shape index (κ1) is 16.1. The number of aromatic nitrogens is 2. The Hall–Kier alpha value is -0.820. The highest BCUT2D eigenvalue weighted by Crippen LogP contribution is 2.39. The summed E-state index contributed by atoms with van der Waals surface area (Å²) in [6.07, 6.45) is 7.39. The van der Waals surface area contributed by atoms with Gasteiger partial charge in [0.05, 0.1) is 19.0 Å². The quantitative estimate of drug-likeness (QED) is 0.774. The summed E-state index contributed by atoms with van der Waals surface area (Å²) in [6.45, 7) is 1.49. The highest BCUT2D eigenvalue weighted by molar-refractivity contribution is 9.10. The third-order valence-corrected chi connectivity index (χ3v) is 4.76. The standard InChI is InChI=1S/C16H19BrN2O2S/c17-14-4-2-13(3-5-14)16(20-10-15(11-22)21-16)6-1-8-19-9-7-18-12-19/h2-5,7,9,12,15,22H,1,6,8,10-11H2/t15-,16+/m0/s1. The molecule has 0 aliphatic carbocycles. The van der Waals surface area contributed by atoms with Crippen LogP contribution in [0.1, 0.15) is 18.4 Å². The highest BCUT2D eigenvalue weighted by Gasteiger charge is 2.42. The summed E-state index contributed by atoms with van der Waals surface area (Å²) in [5.74, 6) is 0.00841. The first-order valence-corrected chi connectivity index (χ1v) is 8.79. The first-order valence-electron chi connectivity index (χ1n) is 7.36. The molecule has 4 nitrogen and oxygen atoms in total. The van der Waals surface area contributed by atoms with E-state index in [9.17, 15) is 0 Å². The molecule has 1 aliphatic heterocycles. The number of aryl methyl sites for hydroxylation is 1. The molecular weight excluding hydrogens is 364 g/mol. The molecule has 1 aliphatic rings. The summed E-state index contributed by atoms with van der Waals surface area (Å²) < 4.78 is 15.4. The van der Waals surface area contributed by atoms with Crippen LogP contribution in [0.2, 0.25) is 0 Å². The number of benzene rings is 1. The molecule has 0 amide bonds. The van der Waals surface area contributed by atoms with Crippen LogP contribution in [0.15, 0.2) is 47.5 Å². The normalized spacial score (nSPS) is 24.7. The third-order valence-electron chi connectivity index (χ3n) is 3.83. The number of rotatable bonds is 6. The maximum absolute atomic E-state index is 6.20. The minimum Gasteiger partial charge on any atom is -0.343 e. The lowest BCUT2D eigenvalue weighted by molar-refractivity contribution is -0.180. The van der Waals surface area contributed by atoms with E-state index in [-0.39, 0.29) is 6.10 Å². The fourth-order valence-electron chi connectivity index (χ4n) is 2.70. The number of imidazole rings is 1. The maximum Gasteiger partial charge on any atom is 0.195 e. The largest absolute Gasteiger partial charge is 0.343 e. The molecular formula is C16H19BrN2O2S. The van der Waals surface area contributed by atoms with Crippen LogP contribution >= 0.6 is 28.6 Å². The van der Waals surface area contributed by atoms with E-state index in [2.05, 4.69) is 50.2 Å². The molecule has 1 saturated heterocycles. The molecule has 22 heavy (non-hydrogen) atoms. The Kier molecular flexibility index (Phi) is 5.23. The minimum atomic E-state index is -0.658. The van der Waals surface area contributed by atoms with E-state index in [1.54, 1.807) is 6.20 Å². The first-order chi connectivity index (χ1) is 10.7. The Labute approximate surface area is 144 Å². The molecule has 2 heterocycles. The van der Waals surface area contributed by atoms with Gasteiger partial charge in [-0.05, 0) is 18.6 Å². The van der Waals surface area contributed by atoms with Crippen molar-refractivity contribution < 1.29 is 9.47 Å². The number of nitrogens with zero attached hydrogens (tertiary/aromatic N) is 2. The Morgan fingerprint density at radius 3 is 2.82 bits per heavy atom. The monoisotopic (exact) mass is 382 g/mol. The fraction of sp³-hybridized carbons (Fsp3) is 0.438. The maximum atomic E-state index is 6.20. The van der Waals surface area contributed by atoms with Crippen molar-refractivity contribution in [1.29, 1.82) is 0 Å². The SMILES string of the molecule is SC[C@@H]1CO[C@@](CCCn2ccnc2)(c2ccc(Br)cc2)O1. The molecule has 0 spiro atoms. The summed E-state index contributed by atoms with van der Waals surface area (Å²) in [4.78, 5) is 4.07. The molecule has 3 rings (SSSR count). The summed E-state index contributed by atoms with van der Waals surface area (Å²) in [5, 5.41) is 0. The minimum absolute atomic E-state index is 0.0419. The van der Waals surface area contributed by atoms with E-state index in [1.807, 2.05) is 24.7 Å². The molecule has 2 aromatic rings. The van der Waals surface area contributed by atoms with Gasteiger partial charge in [0.15, 0.2) is 5.79 Å². The van der Waals surface area contributed by atoms with Gasteiger partial charge in [0.1, 0.15) is 0 Å². The van der Waals surface area contributed by atoms with Gasteiger partial charge in [0.2, 0.25) is 0 Å². The van der Waals surface area contributed by atoms with Crippen molar-refractivity contribution in [2.24, 2.45) is 0 Å². The van der Waals surface area contributed by atoms with Gasteiger partial charge in [-0.3, -0.25) is 0 Å². The molecule has 0 unspecified atom stereocenters. The van der Waals surface area contributed by atoms with Gasteiger partial charge in [0.25, 0.3) is 0 Å². The lowest BCUT2D eigenvalue weighted by atomic mass is 10.0. The van der Waals surface area contributed by atoms with Crippen LogP contribution < -0.4 is 0 Å². The van der Waals surface area contributed by atoms with Crippen LogP contribution in [-0.2, 0) is 21.8 Å². The smallest absolute Gasteiger partial charge is 0.195 e. The van der Waals surface area contributed by atoms with E-state index < -0.39 is 5.79 Å². The van der Waals surface area contributed by atoms with Gasteiger partial charge in [0, 0.05) is 41.1 Å². The zero-order chi connectivity index (χ0) is 15.4. The number of thiol groups is 1. The zero-order valence-electron chi connectivity index (χ0n) is 12.2. The van der Waals surface area contributed by atoms with E-state index in [0.717, 1.165) is 29.4 Å². The molecule has 6 heteroatoms. The van der Waals surface area contributed by atoms with Crippen molar-refractivity contribution >= 4 is 28.6 Å². The molecule has 1 aromatic heterocycles. The fourth-order valence-corrected chi connectivity index (χ4v) is 3.14. The lowest BCUT2D eigenvalue weighted by Gasteiger charge is -2.29. The molecule has 0 radical (unpaired) electrons. The Morgan fingerprint density at radius 1 is 1.36 bits per heavy atom. The van der Waals surface area contributed by atoms with Crippen molar-refractivity contribution in [3.8, 4) is 0 Å². The van der Waals surface area contributed by atoms with Gasteiger partial charge >= 0.3 is 0 Å². The van der Waals surface area contributed by atoms with Gasteiger partial charge in [-0.1, -0.05) is 28.1 Å². The van der Waals surface area contributed by atoms with Crippen molar-refractivity contribution in [3.05, 3.63) is 53.0 Å². The van der Waals surface area contributed by atoms with Crippen molar-refractivity contribution in [2.75, 3.05) is 12.4 Å². The Balaban J connectivity index is 1.73. The molecule has 0 bridgehead atoms. The summed E-state index contributed by atoms with van der Waals surface area (Å²) >= 11 is 7.81. The van der Waals surface area contributed by atoms with Crippen molar-refractivity contribution in [2.45, 2.75) is 31.3 Å². The van der Waals surface area contributed by atoms with Gasteiger partial charge in [-0.15, -0.1) is 0 Å². The van der Waals surface area contributed by atoms with Crippen LogP contribution in [-0.4, -0.2) is 28.0 Å². The second-order valence-corrected chi connectivity index (χ2v) is 6.68. The van der Waals surface area contributed by atoms with E-state index in [0.29, 0.717) is 12.4 Å². The van der Waals surface area contributed by atoms with Gasteiger partial charge in [-0.25, -0.2) is 4.98 Å². The third kappa shape index (κ3) is 3.56.